The summed E-state index contributed by atoms with van der Waals surface area (Å²) in [5.74, 6) is -0.953. The monoisotopic (exact) mass is 384 g/mol. The number of likely N-dealkylation sites (tertiary alicyclic amines) is 1. The molecule has 1 aliphatic heterocycles. The number of furan rings is 1. The third-order valence-corrected chi connectivity index (χ3v) is 5.23. The fourth-order valence-corrected chi connectivity index (χ4v) is 3.64. The lowest BCUT2D eigenvalue weighted by atomic mass is 10.1. The van der Waals surface area contributed by atoms with E-state index in [1.54, 1.807) is 18.9 Å². The van der Waals surface area contributed by atoms with Gasteiger partial charge in [0.15, 0.2) is 0 Å². The van der Waals surface area contributed by atoms with Crippen molar-refractivity contribution in [3.63, 3.8) is 0 Å². The molecule has 7 nitrogen and oxygen atoms in total. The van der Waals surface area contributed by atoms with Gasteiger partial charge in [-0.3, -0.25) is 9.59 Å². The van der Waals surface area contributed by atoms with Crippen LogP contribution in [0.4, 0.5) is 0 Å². The zero-order chi connectivity index (χ0) is 20.4. The summed E-state index contributed by atoms with van der Waals surface area (Å²) in [5.41, 5.74) is 1.12. The van der Waals surface area contributed by atoms with Crippen LogP contribution >= 0.6 is 0 Å². The molecular weight excluding hydrogens is 360 g/mol. The van der Waals surface area contributed by atoms with Crippen molar-refractivity contribution in [1.29, 1.82) is 0 Å². The molecule has 0 saturated carbocycles. The molecule has 148 valence electrons. The molecule has 1 aromatic heterocycles. The van der Waals surface area contributed by atoms with E-state index in [1.165, 1.54) is 11.0 Å². The number of carboxylic acid groups (broad SMARTS) is 1. The molecule has 0 radical (unpaired) electrons. The number of hydrogen-bond donors (Lipinski definition) is 1. The van der Waals surface area contributed by atoms with Crippen LogP contribution in [0.25, 0.3) is 0 Å². The van der Waals surface area contributed by atoms with Crippen LogP contribution in [0.2, 0.25) is 0 Å². The predicted molar refractivity (Wildman–Crippen MR) is 102 cm³/mol. The van der Waals surface area contributed by atoms with Crippen LogP contribution in [-0.2, 0) is 16.1 Å². The molecule has 1 aliphatic rings. The minimum atomic E-state index is -1.06. The van der Waals surface area contributed by atoms with Crippen molar-refractivity contribution in [2.75, 3.05) is 13.6 Å². The van der Waals surface area contributed by atoms with E-state index in [4.69, 9.17) is 9.52 Å². The maximum absolute atomic E-state index is 12.8. The average molecular weight is 384 g/mol. The topological polar surface area (TPSA) is 91.1 Å². The first-order valence-electron chi connectivity index (χ1n) is 9.20. The van der Waals surface area contributed by atoms with E-state index in [0.29, 0.717) is 18.1 Å². The number of amides is 2. The van der Waals surface area contributed by atoms with Crippen LogP contribution in [0.15, 0.2) is 40.8 Å². The van der Waals surface area contributed by atoms with Gasteiger partial charge in [0, 0.05) is 20.0 Å². The first kappa shape index (κ1) is 19.7. The van der Waals surface area contributed by atoms with Gasteiger partial charge in [-0.05, 0) is 25.5 Å². The van der Waals surface area contributed by atoms with Crippen LogP contribution in [0, 0.1) is 12.8 Å². The van der Waals surface area contributed by atoms with Gasteiger partial charge >= 0.3 is 5.97 Å². The molecule has 2 atom stereocenters. The number of nitrogens with zero attached hydrogens (tertiary/aromatic N) is 2. The van der Waals surface area contributed by atoms with Gasteiger partial charge in [-0.1, -0.05) is 30.3 Å². The minimum absolute atomic E-state index is 0.0369. The lowest BCUT2D eigenvalue weighted by Crippen LogP contribution is -2.34. The van der Waals surface area contributed by atoms with Crippen molar-refractivity contribution in [3.05, 3.63) is 59.0 Å². The number of hydrogen-bond acceptors (Lipinski definition) is 4. The van der Waals surface area contributed by atoms with Crippen LogP contribution in [0.3, 0.4) is 0 Å². The normalized spacial score (nSPS) is 17.6. The van der Waals surface area contributed by atoms with Gasteiger partial charge in [0.1, 0.15) is 17.1 Å². The first-order valence-corrected chi connectivity index (χ1v) is 9.20. The SMILES string of the molecule is Cc1oc(CN(C)C(=O)[C@@H]2CC(=O)N([C@H](C)c3ccccc3)C2)cc1C(=O)O. The second kappa shape index (κ2) is 7.88. The number of aromatic carboxylic acids is 1. The Morgan fingerprint density at radius 2 is 2.00 bits per heavy atom. The number of rotatable bonds is 6. The molecule has 0 unspecified atom stereocenters. The maximum Gasteiger partial charge on any atom is 0.339 e. The number of carbonyl (C=O) groups excluding carboxylic acids is 2. The van der Waals surface area contributed by atoms with Crippen molar-refractivity contribution in [2.24, 2.45) is 5.92 Å². The molecule has 1 aromatic carbocycles. The van der Waals surface area contributed by atoms with Gasteiger partial charge in [-0.25, -0.2) is 4.79 Å². The smallest absolute Gasteiger partial charge is 0.339 e. The van der Waals surface area contributed by atoms with Gasteiger partial charge < -0.3 is 19.3 Å². The Morgan fingerprint density at radius 1 is 1.32 bits per heavy atom. The second-order valence-corrected chi connectivity index (χ2v) is 7.22. The molecule has 0 bridgehead atoms. The highest BCUT2D eigenvalue weighted by molar-refractivity contribution is 5.90. The van der Waals surface area contributed by atoms with E-state index in [2.05, 4.69) is 0 Å². The molecule has 0 spiro atoms. The second-order valence-electron chi connectivity index (χ2n) is 7.22. The largest absolute Gasteiger partial charge is 0.478 e. The van der Waals surface area contributed by atoms with Crippen molar-refractivity contribution in [1.82, 2.24) is 9.80 Å². The van der Waals surface area contributed by atoms with Crippen molar-refractivity contribution >= 4 is 17.8 Å². The van der Waals surface area contributed by atoms with Gasteiger partial charge in [0.25, 0.3) is 0 Å². The van der Waals surface area contributed by atoms with E-state index < -0.39 is 11.9 Å². The van der Waals surface area contributed by atoms with E-state index in [1.807, 2.05) is 37.3 Å². The molecule has 1 saturated heterocycles. The van der Waals surface area contributed by atoms with Gasteiger partial charge in [-0.2, -0.15) is 0 Å². The summed E-state index contributed by atoms with van der Waals surface area (Å²) in [4.78, 5) is 39.7. The number of carbonyl (C=O) groups is 3. The highest BCUT2D eigenvalue weighted by Gasteiger charge is 2.38. The minimum Gasteiger partial charge on any atom is -0.478 e. The van der Waals surface area contributed by atoms with E-state index in [9.17, 15) is 14.4 Å². The molecule has 2 amide bonds. The zero-order valence-electron chi connectivity index (χ0n) is 16.2. The highest BCUT2D eigenvalue weighted by Crippen LogP contribution is 2.29. The summed E-state index contributed by atoms with van der Waals surface area (Å²) in [6.07, 6.45) is 0.178. The number of carboxylic acids is 1. The fourth-order valence-electron chi connectivity index (χ4n) is 3.64. The molecule has 1 N–H and O–H groups in total. The molecule has 3 rings (SSSR count). The predicted octanol–water partition coefficient (Wildman–Crippen LogP) is 2.85. The van der Waals surface area contributed by atoms with Crippen molar-refractivity contribution < 1.29 is 23.9 Å². The van der Waals surface area contributed by atoms with Crippen LogP contribution in [0.5, 0.6) is 0 Å². The summed E-state index contributed by atoms with van der Waals surface area (Å²) in [6, 6.07) is 11.1. The summed E-state index contributed by atoms with van der Waals surface area (Å²) in [5, 5.41) is 9.12. The first-order chi connectivity index (χ1) is 13.3. The Balaban J connectivity index is 1.65. The summed E-state index contributed by atoms with van der Waals surface area (Å²) in [6.45, 7) is 4.07. The number of benzene rings is 1. The van der Waals surface area contributed by atoms with Crippen molar-refractivity contribution in [3.8, 4) is 0 Å². The maximum atomic E-state index is 12.8. The quantitative estimate of drug-likeness (QED) is 0.827. The van der Waals surface area contributed by atoms with Crippen LogP contribution in [-0.4, -0.2) is 46.3 Å². The molecule has 0 aliphatic carbocycles. The van der Waals surface area contributed by atoms with E-state index in [-0.39, 0.29) is 36.4 Å². The Labute approximate surface area is 163 Å². The standard InChI is InChI=1S/C21H24N2O5/c1-13(15-7-5-4-6-8-15)23-11-16(9-19(23)24)20(25)22(3)12-17-10-18(21(26)27)14(2)28-17/h4-8,10,13,16H,9,11-12H2,1-3H3,(H,26,27)/t13-,16-/m1/s1. The third kappa shape index (κ3) is 3.93. The molecular formula is C21H24N2O5. The third-order valence-electron chi connectivity index (χ3n) is 5.23. The van der Waals surface area contributed by atoms with E-state index in [0.717, 1.165) is 5.56 Å². The Bertz CT molecular complexity index is 889. The van der Waals surface area contributed by atoms with Gasteiger partial charge in [0.2, 0.25) is 11.8 Å². The number of aryl methyl sites for hydroxylation is 1. The van der Waals surface area contributed by atoms with Gasteiger partial charge in [0.05, 0.1) is 18.5 Å². The molecule has 28 heavy (non-hydrogen) atoms. The molecule has 1 fully saturated rings. The lowest BCUT2D eigenvalue weighted by molar-refractivity contribution is -0.135. The van der Waals surface area contributed by atoms with Gasteiger partial charge in [-0.15, -0.1) is 0 Å². The summed E-state index contributed by atoms with van der Waals surface area (Å²) >= 11 is 0. The fraction of sp³-hybridized carbons (Fsp3) is 0.381. The molecule has 7 heteroatoms. The lowest BCUT2D eigenvalue weighted by Gasteiger charge is -2.26. The highest BCUT2D eigenvalue weighted by atomic mass is 16.4. The molecule has 2 heterocycles. The van der Waals surface area contributed by atoms with Crippen LogP contribution < -0.4 is 0 Å². The zero-order valence-corrected chi connectivity index (χ0v) is 16.2. The van der Waals surface area contributed by atoms with Crippen molar-refractivity contribution in [2.45, 2.75) is 32.9 Å². The van der Waals surface area contributed by atoms with Crippen LogP contribution in [0.1, 0.15) is 46.8 Å². The summed E-state index contributed by atoms with van der Waals surface area (Å²) < 4.78 is 5.45. The Morgan fingerprint density at radius 3 is 2.61 bits per heavy atom. The summed E-state index contributed by atoms with van der Waals surface area (Å²) in [7, 11) is 1.63. The molecule has 2 aromatic rings. The Kier molecular flexibility index (Phi) is 5.53. The Hall–Kier alpha value is -3.09. The van der Waals surface area contributed by atoms with E-state index >= 15 is 0 Å². The average Bonchev–Trinajstić information content (AvgIpc) is 3.23.